The Bertz CT molecular complexity index is 412. The van der Waals surface area contributed by atoms with E-state index in [1.807, 2.05) is 6.92 Å². The van der Waals surface area contributed by atoms with Crippen molar-refractivity contribution in [3.8, 4) is 0 Å². The van der Waals surface area contributed by atoms with Gasteiger partial charge in [-0.25, -0.2) is 4.39 Å². The fourth-order valence-electron chi connectivity index (χ4n) is 1.63. The molecular weight excluding hydrogens is 231 g/mol. The first kappa shape index (κ1) is 11.6. The third-order valence-corrected chi connectivity index (χ3v) is 2.79. The van der Waals surface area contributed by atoms with Crippen LogP contribution in [0.25, 0.3) is 6.08 Å². The van der Waals surface area contributed by atoms with Crippen molar-refractivity contribution in [1.29, 1.82) is 0 Å². The Morgan fingerprint density at radius 3 is 2.69 bits per heavy atom. The van der Waals surface area contributed by atoms with Gasteiger partial charge < -0.3 is 9.47 Å². The van der Waals surface area contributed by atoms with Gasteiger partial charge in [0.1, 0.15) is 5.82 Å². The fourth-order valence-corrected chi connectivity index (χ4v) is 1.93. The Morgan fingerprint density at radius 1 is 1.38 bits per heavy atom. The van der Waals surface area contributed by atoms with Crippen molar-refractivity contribution in [3.63, 3.8) is 0 Å². The molecule has 1 saturated heterocycles. The van der Waals surface area contributed by atoms with Crippen LogP contribution in [0.1, 0.15) is 24.3 Å². The van der Waals surface area contributed by atoms with Gasteiger partial charge in [-0.1, -0.05) is 23.8 Å². The van der Waals surface area contributed by atoms with E-state index in [1.54, 1.807) is 18.2 Å². The van der Waals surface area contributed by atoms with Crippen LogP contribution in [0.5, 0.6) is 0 Å². The summed E-state index contributed by atoms with van der Waals surface area (Å²) in [6, 6.07) is 2.97. The van der Waals surface area contributed by atoms with Crippen LogP contribution in [0.3, 0.4) is 0 Å². The van der Waals surface area contributed by atoms with Crippen molar-refractivity contribution < 1.29 is 13.9 Å². The molecule has 1 aliphatic heterocycles. The van der Waals surface area contributed by atoms with E-state index in [0.717, 1.165) is 0 Å². The van der Waals surface area contributed by atoms with Crippen molar-refractivity contribution in [2.24, 2.45) is 0 Å². The molecule has 16 heavy (non-hydrogen) atoms. The van der Waals surface area contributed by atoms with Gasteiger partial charge in [-0.15, -0.1) is 0 Å². The summed E-state index contributed by atoms with van der Waals surface area (Å²) in [5.74, 6) is -0.343. The summed E-state index contributed by atoms with van der Waals surface area (Å²) in [7, 11) is 0. The standard InChI is InChI=1S/C12H12ClFO2/c1-2-3-8-10(14)5-4-9(11(8)13)12-15-6-7-16-12/h2-5,12H,6-7H2,1H3/b3-2-. The third kappa shape index (κ3) is 2.12. The predicted molar refractivity (Wildman–Crippen MR) is 60.8 cm³/mol. The van der Waals surface area contributed by atoms with Gasteiger partial charge in [-0.05, 0) is 19.1 Å². The third-order valence-electron chi connectivity index (χ3n) is 2.37. The lowest BCUT2D eigenvalue weighted by molar-refractivity contribution is -0.0440. The molecule has 0 N–H and O–H groups in total. The van der Waals surface area contributed by atoms with E-state index >= 15 is 0 Å². The van der Waals surface area contributed by atoms with Crippen molar-refractivity contribution >= 4 is 17.7 Å². The zero-order valence-electron chi connectivity index (χ0n) is 8.87. The average Bonchev–Trinajstić information content (AvgIpc) is 2.77. The van der Waals surface area contributed by atoms with Gasteiger partial charge in [0, 0.05) is 11.1 Å². The fraction of sp³-hybridized carbons (Fsp3) is 0.333. The van der Waals surface area contributed by atoms with Crippen LogP contribution in [0, 0.1) is 5.82 Å². The van der Waals surface area contributed by atoms with Gasteiger partial charge in [-0.2, -0.15) is 0 Å². The van der Waals surface area contributed by atoms with E-state index in [9.17, 15) is 4.39 Å². The summed E-state index contributed by atoms with van der Waals surface area (Å²) in [6.45, 7) is 2.89. The number of ether oxygens (including phenoxy) is 2. The van der Waals surface area contributed by atoms with Crippen LogP contribution in [-0.4, -0.2) is 13.2 Å². The highest BCUT2D eigenvalue weighted by Crippen LogP contribution is 2.33. The first-order chi connectivity index (χ1) is 7.74. The number of halogens is 2. The number of benzene rings is 1. The molecule has 0 spiro atoms. The maximum absolute atomic E-state index is 13.5. The van der Waals surface area contributed by atoms with Crippen molar-refractivity contribution in [2.75, 3.05) is 13.2 Å². The molecule has 0 aromatic heterocycles. The summed E-state index contributed by atoms with van der Waals surface area (Å²) in [6.07, 6.45) is 2.90. The molecular formula is C12H12ClFO2. The predicted octanol–water partition coefficient (Wildman–Crippen LogP) is 3.56. The minimum atomic E-state index is -0.475. The van der Waals surface area contributed by atoms with Gasteiger partial charge in [0.2, 0.25) is 0 Å². The number of hydrogen-bond donors (Lipinski definition) is 0. The second kappa shape index (κ2) is 4.95. The van der Waals surface area contributed by atoms with E-state index in [-0.39, 0.29) is 5.82 Å². The van der Waals surface area contributed by atoms with Crippen molar-refractivity contribution in [3.05, 3.63) is 40.2 Å². The molecule has 86 valence electrons. The summed E-state index contributed by atoms with van der Waals surface area (Å²) in [5.41, 5.74) is 1.05. The minimum absolute atomic E-state index is 0.343. The number of allylic oxidation sites excluding steroid dienone is 1. The van der Waals surface area contributed by atoms with Gasteiger partial charge in [0.25, 0.3) is 0 Å². The van der Waals surface area contributed by atoms with Gasteiger partial charge in [0.15, 0.2) is 6.29 Å². The molecule has 0 amide bonds. The first-order valence-electron chi connectivity index (χ1n) is 5.08. The molecule has 4 heteroatoms. The zero-order valence-corrected chi connectivity index (χ0v) is 9.63. The van der Waals surface area contributed by atoms with E-state index < -0.39 is 6.29 Å². The first-order valence-corrected chi connectivity index (χ1v) is 5.45. The molecule has 0 saturated carbocycles. The highest BCUT2D eigenvalue weighted by Gasteiger charge is 2.22. The molecule has 1 fully saturated rings. The summed E-state index contributed by atoms with van der Waals surface area (Å²) in [4.78, 5) is 0. The Morgan fingerprint density at radius 2 is 2.06 bits per heavy atom. The SMILES string of the molecule is C/C=C\c1c(F)ccc(C2OCCO2)c1Cl. The Hall–Kier alpha value is -0.900. The lowest BCUT2D eigenvalue weighted by atomic mass is 10.1. The topological polar surface area (TPSA) is 18.5 Å². The average molecular weight is 243 g/mol. The molecule has 1 aliphatic rings. The quantitative estimate of drug-likeness (QED) is 0.790. The van der Waals surface area contributed by atoms with Crippen LogP contribution >= 0.6 is 11.6 Å². The highest BCUT2D eigenvalue weighted by atomic mass is 35.5. The smallest absolute Gasteiger partial charge is 0.185 e. The maximum Gasteiger partial charge on any atom is 0.185 e. The van der Waals surface area contributed by atoms with E-state index in [1.165, 1.54) is 6.07 Å². The maximum atomic E-state index is 13.5. The molecule has 1 aromatic rings. The molecule has 2 nitrogen and oxygen atoms in total. The normalized spacial score (nSPS) is 17.4. The Kier molecular flexibility index (Phi) is 3.59. The highest BCUT2D eigenvalue weighted by molar-refractivity contribution is 6.32. The van der Waals surface area contributed by atoms with Crippen LogP contribution < -0.4 is 0 Å². The summed E-state index contributed by atoms with van der Waals surface area (Å²) >= 11 is 6.12. The molecule has 1 heterocycles. The van der Waals surface area contributed by atoms with E-state index in [4.69, 9.17) is 21.1 Å². The van der Waals surface area contributed by atoms with Crippen molar-refractivity contribution in [1.82, 2.24) is 0 Å². The summed E-state index contributed by atoms with van der Waals surface area (Å²) < 4.78 is 24.2. The van der Waals surface area contributed by atoms with Crippen LogP contribution in [-0.2, 0) is 9.47 Å². The number of rotatable bonds is 2. The second-order valence-electron chi connectivity index (χ2n) is 3.44. The lowest BCUT2D eigenvalue weighted by Crippen LogP contribution is -2.01. The van der Waals surface area contributed by atoms with E-state index in [2.05, 4.69) is 0 Å². The van der Waals surface area contributed by atoms with Crippen LogP contribution in [0.2, 0.25) is 5.02 Å². The zero-order chi connectivity index (χ0) is 11.5. The molecule has 0 atom stereocenters. The van der Waals surface area contributed by atoms with Gasteiger partial charge in [0.05, 0.1) is 18.2 Å². The van der Waals surface area contributed by atoms with Crippen LogP contribution in [0.15, 0.2) is 18.2 Å². The second-order valence-corrected chi connectivity index (χ2v) is 3.82. The lowest BCUT2D eigenvalue weighted by Gasteiger charge is -2.13. The minimum Gasteiger partial charge on any atom is -0.346 e. The molecule has 1 aromatic carbocycles. The van der Waals surface area contributed by atoms with E-state index in [0.29, 0.717) is 29.4 Å². The van der Waals surface area contributed by atoms with Crippen LogP contribution in [0.4, 0.5) is 4.39 Å². The monoisotopic (exact) mass is 242 g/mol. The van der Waals surface area contributed by atoms with Gasteiger partial charge >= 0.3 is 0 Å². The Labute approximate surface area is 98.6 Å². The molecule has 2 rings (SSSR count). The van der Waals surface area contributed by atoms with Gasteiger partial charge in [-0.3, -0.25) is 0 Å². The molecule has 0 radical (unpaired) electrons. The number of hydrogen-bond acceptors (Lipinski definition) is 2. The largest absolute Gasteiger partial charge is 0.346 e. The summed E-state index contributed by atoms with van der Waals surface area (Å²) in [5, 5.41) is 0.352. The molecule has 0 bridgehead atoms. The molecule has 0 aliphatic carbocycles. The Balaban J connectivity index is 2.42. The van der Waals surface area contributed by atoms with Crippen molar-refractivity contribution in [2.45, 2.75) is 13.2 Å². The molecule has 0 unspecified atom stereocenters.